The Balaban J connectivity index is 1.76. The zero-order chi connectivity index (χ0) is 18.7. The van der Waals surface area contributed by atoms with Crippen LogP contribution in [-0.2, 0) is 16.4 Å². The molecule has 1 aromatic carbocycles. The van der Waals surface area contributed by atoms with Crippen molar-refractivity contribution in [3.05, 3.63) is 33.2 Å². The number of carbonyl (C=O) groups is 1. The highest BCUT2D eigenvalue weighted by molar-refractivity contribution is 9.10. The van der Waals surface area contributed by atoms with Crippen LogP contribution in [0.3, 0.4) is 0 Å². The lowest BCUT2D eigenvalue weighted by atomic mass is 10.2. The maximum atomic E-state index is 12.6. The van der Waals surface area contributed by atoms with E-state index in [1.165, 1.54) is 23.5 Å². The van der Waals surface area contributed by atoms with E-state index in [-0.39, 0.29) is 16.5 Å². The normalized spacial score (nSPS) is 14.4. The van der Waals surface area contributed by atoms with Crippen LogP contribution in [0.4, 0.5) is 5.13 Å². The first-order valence-corrected chi connectivity index (χ1v) is 11.4. The number of unbranched alkanes of at least 4 members (excludes halogenated alkanes) is 1. The summed E-state index contributed by atoms with van der Waals surface area (Å²) in [4.78, 5) is 12.6. The molecule has 140 valence electrons. The van der Waals surface area contributed by atoms with E-state index >= 15 is 0 Å². The van der Waals surface area contributed by atoms with Gasteiger partial charge >= 0.3 is 0 Å². The fraction of sp³-hybridized carbons (Fsp3) is 0.438. The number of aromatic nitrogens is 2. The summed E-state index contributed by atoms with van der Waals surface area (Å²) < 4.78 is 27.8. The van der Waals surface area contributed by atoms with Crippen molar-refractivity contribution in [2.75, 3.05) is 5.32 Å². The molecule has 0 atom stereocenters. The van der Waals surface area contributed by atoms with Crippen LogP contribution in [0.2, 0.25) is 0 Å². The third-order valence-corrected chi connectivity index (χ3v) is 6.93. The van der Waals surface area contributed by atoms with Crippen LogP contribution < -0.4 is 10.0 Å². The van der Waals surface area contributed by atoms with E-state index in [0.717, 1.165) is 37.1 Å². The number of nitrogens with zero attached hydrogens (tertiary/aromatic N) is 2. The van der Waals surface area contributed by atoms with Crippen molar-refractivity contribution < 1.29 is 13.2 Å². The molecule has 0 unspecified atom stereocenters. The minimum absolute atomic E-state index is 0.00357. The Kier molecular flexibility index (Phi) is 6.06. The topological polar surface area (TPSA) is 101 Å². The van der Waals surface area contributed by atoms with Crippen molar-refractivity contribution >= 4 is 48.3 Å². The molecule has 0 aliphatic heterocycles. The van der Waals surface area contributed by atoms with Crippen LogP contribution >= 0.6 is 27.3 Å². The van der Waals surface area contributed by atoms with Crippen molar-refractivity contribution in [1.82, 2.24) is 14.9 Å². The first-order chi connectivity index (χ1) is 12.4. The van der Waals surface area contributed by atoms with Gasteiger partial charge in [-0.15, -0.1) is 10.2 Å². The smallest absolute Gasteiger partial charge is 0.258 e. The molecule has 10 heteroatoms. The van der Waals surface area contributed by atoms with Crippen molar-refractivity contribution in [3.8, 4) is 0 Å². The Morgan fingerprint density at radius 2 is 2.12 bits per heavy atom. The summed E-state index contributed by atoms with van der Waals surface area (Å²) in [6.07, 6.45) is 4.60. The molecular formula is C16H19BrN4O3S2. The quantitative estimate of drug-likeness (QED) is 0.631. The van der Waals surface area contributed by atoms with Crippen molar-refractivity contribution in [3.63, 3.8) is 0 Å². The largest absolute Gasteiger partial charge is 0.296 e. The summed E-state index contributed by atoms with van der Waals surface area (Å²) in [7, 11) is -3.63. The number of anilines is 1. The zero-order valence-corrected chi connectivity index (χ0v) is 17.4. The van der Waals surface area contributed by atoms with Gasteiger partial charge in [-0.3, -0.25) is 10.1 Å². The number of halogens is 1. The number of aryl methyl sites for hydroxylation is 1. The van der Waals surface area contributed by atoms with Gasteiger partial charge in [0.2, 0.25) is 15.2 Å². The second kappa shape index (κ2) is 8.12. The number of benzene rings is 1. The number of rotatable bonds is 8. The lowest BCUT2D eigenvalue weighted by molar-refractivity contribution is 0.102. The second-order valence-corrected chi connectivity index (χ2v) is 9.73. The van der Waals surface area contributed by atoms with Gasteiger partial charge in [-0.25, -0.2) is 13.1 Å². The number of hydrogen-bond donors (Lipinski definition) is 2. The number of sulfonamides is 1. The summed E-state index contributed by atoms with van der Waals surface area (Å²) in [5, 5.41) is 12.0. The predicted octanol–water partition coefficient (Wildman–Crippen LogP) is 3.34. The Morgan fingerprint density at radius 3 is 2.81 bits per heavy atom. The van der Waals surface area contributed by atoms with Crippen LogP contribution in [0.5, 0.6) is 0 Å². The lowest BCUT2D eigenvalue weighted by Crippen LogP contribution is -2.26. The fourth-order valence-electron chi connectivity index (χ4n) is 2.23. The molecule has 0 spiro atoms. The molecule has 26 heavy (non-hydrogen) atoms. The molecule has 2 aromatic rings. The molecule has 1 heterocycles. The number of amides is 1. The molecule has 0 radical (unpaired) electrons. The molecule has 1 saturated carbocycles. The van der Waals surface area contributed by atoms with Crippen LogP contribution in [0.1, 0.15) is 48.0 Å². The Labute approximate surface area is 164 Å². The standard InChI is InChI=1S/C16H19BrN4O3S2/c1-2-3-4-14-19-20-16(25-14)18-15(22)12-9-11(7-8-13(12)17)26(23,24)21-10-5-6-10/h7-10,21H,2-6H2,1H3,(H,18,20,22). The van der Waals surface area contributed by atoms with Gasteiger partial charge < -0.3 is 0 Å². The predicted molar refractivity (Wildman–Crippen MR) is 104 cm³/mol. The van der Waals surface area contributed by atoms with Gasteiger partial charge in [0.25, 0.3) is 5.91 Å². The minimum Gasteiger partial charge on any atom is -0.296 e. The van der Waals surface area contributed by atoms with Crippen molar-refractivity contribution in [2.45, 2.75) is 50.0 Å². The Hall–Kier alpha value is -1.36. The van der Waals surface area contributed by atoms with E-state index in [4.69, 9.17) is 0 Å². The zero-order valence-electron chi connectivity index (χ0n) is 14.2. The summed E-state index contributed by atoms with van der Waals surface area (Å²) in [6, 6.07) is 4.40. The van der Waals surface area contributed by atoms with Gasteiger partial charge in [0.15, 0.2) is 0 Å². The highest BCUT2D eigenvalue weighted by Crippen LogP contribution is 2.26. The van der Waals surface area contributed by atoms with Crippen LogP contribution in [0, 0.1) is 0 Å². The molecule has 1 fully saturated rings. The third-order valence-electron chi connectivity index (χ3n) is 3.82. The summed E-state index contributed by atoms with van der Waals surface area (Å²) in [5.74, 6) is -0.432. The fourth-order valence-corrected chi connectivity index (χ4v) is 4.77. The molecule has 1 aromatic heterocycles. The first-order valence-electron chi connectivity index (χ1n) is 8.34. The second-order valence-electron chi connectivity index (χ2n) is 6.10. The highest BCUT2D eigenvalue weighted by atomic mass is 79.9. The molecule has 0 saturated heterocycles. The molecule has 7 nitrogen and oxygen atoms in total. The average molecular weight is 459 g/mol. The first kappa shape index (κ1) is 19.4. The van der Waals surface area contributed by atoms with E-state index in [9.17, 15) is 13.2 Å². The maximum absolute atomic E-state index is 12.6. The highest BCUT2D eigenvalue weighted by Gasteiger charge is 2.28. The molecule has 0 bridgehead atoms. The molecular weight excluding hydrogens is 440 g/mol. The summed E-state index contributed by atoms with van der Waals surface area (Å²) in [6.45, 7) is 2.10. The van der Waals surface area contributed by atoms with Crippen LogP contribution in [0.25, 0.3) is 0 Å². The molecule has 2 N–H and O–H groups in total. The average Bonchev–Trinajstić information content (AvgIpc) is 3.28. The van der Waals surface area contributed by atoms with Gasteiger partial charge in [-0.05, 0) is 53.4 Å². The van der Waals surface area contributed by atoms with Gasteiger partial charge in [0.1, 0.15) is 5.01 Å². The number of carbonyl (C=O) groups excluding carboxylic acids is 1. The molecule has 1 aliphatic carbocycles. The maximum Gasteiger partial charge on any atom is 0.258 e. The lowest BCUT2D eigenvalue weighted by Gasteiger charge is -2.09. The van der Waals surface area contributed by atoms with E-state index in [0.29, 0.717) is 9.60 Å². The Morgan fingerprint density at radius 1 is 1.35 bits per heavy atom. The SMILES string of the molecule is CCCCc1nnc(NC(=O)c2cc(S(=O)(=O)NC3CC3)ccc2Br)s1. The van der Waals surface area contributed by atoms with E-state index < -0.39 is 15.9 Å². The van der Waals surface area contributed by atoms with Gasteiger partial charge in [-0.1, -0.05) is 24.7 Å². The van der Waals surface area contributed by atoms with E-state index in [1.807, 2.05) is 0 Å². The monoisotopic (exact) mass is 458 g/mol. The van der Waals surface area contributed by atoms with Crippen LogP contribution in [0.15, 0.2) is 27.6 Å². The number of nitrogens with one attached hydrogen (secondary N) is 2. The molecule has 1 aliphatic rings. The van der Waals surface area contributed by atoms with Crippen molar-refractivity contribution in [1.29, 1.82) is 0 Å². The molecule has 1 amide bonds. The third kappa shape index (κ3) is 4.87. The minimum atomic E-state index is -3.63. The van der Waals surface area contributed by atoms with Gasteiger partial charge in [0.05, 0.1) is 10.5 Å². The number of hydrogen-bond acceptors (Lipinski definition) is 6. The van der Waals surface area contributed by atoms with E-state index in [1.54, 1.807) is 6.07 Å². The molecule has 3 rings (SSSR count). The van der Waals surface area contributed by atoms with Crippen LogP contribution in [-0.4, -0.2) is 30.6 Å². The van der Waals surface area contributed by atoms with Gasteiger partial charge in [0, 0.05) is 16.9 Å². The van der Waals surface area contributed by atoms with Gasteiger partial charge in [-0.2, -0.15) is 0 Å². The van der Waals surface area contributed by atoms with Crippen molar-refractivity contribution in [2.24, 2.45) is 0 Å². The summed E-state index contributed by atoms with van der Waals surface area (Å²) in [5.41, 5.74) is 0.231. The summed E-state index contributed by atoms with van der Waals surface area (Å²) >= 11 is 4.63. The van der Waals surface area contributed by atoms with E-state index in [2.05, 4.69) is 43.1 Å². The Bertz CT molecular complexity index is 910.